The first kappa shape index (κ1) is 24.0. The van der Waals surface area contributed by atoms with Crippen LogP contribution in [-0.2, 0) is 6.42 Å². The number of hydrogen-bond donors (Lipinski definition) is 3. The summed E-state index contributed by atoms with van der Waals surface area (Å²) in [5.74, 6) is 0.578. The van der Waals surface area contributed by atoms with Crippen molar-refractivity contribution >= 4 is 17.4 Å². The van der Waals surface area contributed by atoms with Crippen LogP contribution >= 0.6 is 0 Å². The zero-order chi connectivity index (χ0) is 26.1. The SMILES string of the molecule is O=C(Nc1ccc(F)cc1F)Nc1cc(-c2ccccc2-c2nn[nH]n2)cc(CC2CC2)c1OCC1CC1. The Bertz CT molecular complexity index is 1470. The molecule has 8 nitrogen and oxygen atoms in total. The fourth-order valence-corrected chi connectivity index (χ4v) is 4.45. The number of urea groups is 1. The number of aromatic nitrogens is 4. The van der Waals surface area contributed by atoms with E-state index in [0.29, 0.717) is 35.7 Å². The van der Waals surface area contributed by atoms with E-state index in [9.17, 15) is 13.6 Å². The number of tetrazole rings is 1. The summed E-state index contributed by atoms with van der Waals surface area (Å²) in [5.41, 5.74) is 3.85. The molecule has 3 N–H and O–H groups in total. The number of anilines is 2. The highest BCUT2D eigenvalue weighted by atomic mass is 19.1. The molecule has 0 spiro atoms. The van der Waals surface area contributed by atoms with E-state index in [-0.39, 0.29) is 5.69 Å². The van der Waals surface area contributed by atoms with Crippen molar-refractivity contribution in [3.8, 4) is 28.3 Å². The summed E-state index contributed by atoms with van der Waals surface area (Å²) in [5, 5.41) is 19.8. The molecule has 2 aliphatic carbocycles. The molecule has 6 rings (SSSR count). The molecule has 2 aliphatic rings. The number of nitrogens with zero attached hydrogens (tertiary/aromatic N) is 3. The summed E-state index contributed by atoms with van der Waals surface area (Å²) in [4.78, 5) is 13.0. The largest absolute Gasteiger partial charge is 0.491 e. The molecular weight excluding hydrogens is 490 g/mol. The summed E-state index contributed by atoms with van der Waals surface area (Å²) in [6.07, 6.45) is 5.38. The summed E-state index contributed by atoms with van der Waals surface area (Å²) in [7, 11) is 0. The quantitative estimate of drug-likeness (QED) is 0.246. The van der Waals surface area contributed by atoms with Crippen LogP contribution in [0.5, 0.6) is 5.75 Å². The van der Waals surface area contributed by atoms with Gasteiger partial charge < -0.3 is 15.4 Å². The molecule has 1 aromatic heterocycles. The maximum Gasteiger partial charge on any atom is 0.323 e. The van der Waals surface area contributed by atoms with E-state index >= 15 is 0 Å². The maximum atomic E-state index is 14.2. The predicted octanol–water partition coefficient (Wildman–Crippen LogP) is 6.20. The van der Waals surface area contributed by atoms with E-state index in [1.54, 1.807) is 0 Å². The standard InChI is InChI=1S/C28H26F2N6O2/c29-20-9-10-24(23(30)14-20)31-28(37)32-25-13-18(21-3-1-2-4-22(21)27-33-35-36-34-27)12-19(11-16-5-6-16)26(25)38-15-17-7-8-17/h1-4,9-10,12-14,16-17H,5-8,11,15H2,(H2,31,32,37)(H,33,34,35,36). The minimum absolute atomic E-state index is 0.124. The zero-order valence-corrected chi connectivity index (χ0v) is 20.5. The van der Waals surface area contributed by atoms with Gasteiger partial charge in [0.05, 0.1) is 18.0 Å². The van der Waals surface area contributed by atoms with Crippen LogP contribution in [-0.4, -0.2) is 33.3 Å². The highest BCUT2D eigenvalue weighted by Gasteiger charge is 2.28. The molecule has 0 bridgehead atoms. The van der Waals surface area contributed by atoms with E-state index in [0.717, 1.165) is 66.5 Å². The molecule has 4 aromatic rings. The van der Waals surface area contributed by atoms with Crippen molar-refractivity contribution in [1.82, 2.24) is 20.6 Å². The summed E-state index contributed by atoms with van der Waals surface area (Å²) in [6, 6.07) is 14.0. The highest BCUT2D eigenvalue weighted by molar-refractivity contribution is 6.01. The van der Waals surface area contributed by atoms with Crippen molar-refractivity contribution < 1.29 is 18.3 Å². The minimum atomic E-state index is -0.859. The van der Waals surface area contributed by atoms with Crippen LogP contribution in [0.2, 0.25) is 0 Å². The van der Waals surface area contributed by atoms with E-state index in [2.05, 4.69) is 37.3 Å². The molecule has 0 saturated heterocycles. The fourth-order valence-electron chi connectivity index (χ4n) is 4.45. The van der Waals surface area contributed by atoms with Gasteiger partial charge in [-0.2, -0.15) is 5.21 Å². The molecule has 0 radical (unpaired) electrons. The molecule has 0 aliphatic heterocycles. The number of carbonyl (C=O) groups excluding carboxylic acids is 1. The van der Waals surface area contributed by atoms with Gasteiger partial charge in [0.25, 0.3) is 0 Å². The first-order valence-electron chi connectivity index (χ1n) is 12.7. The summed E-state index contributed by atoms with van der Waals surface area (Å²) < 4.78 is 33.8. The molecule has 2 fully saturated rings. The van der Waals surface area contributed by atoms with Crippen LogP contribution in [0.25, 0.3) is 22.5 Å². The van der Waals surface area contributed by atoms with E-state index < -0.39 is 17.7 Å². The van der Waals surface area contributed by atoms with Crippen molar-refractivity contribution in [3.63, 3.8) is 0 Å². The highest BCUT2D eigenvalue weighted by Crippen LogP contribution is 2.43. The first-order chi connectivity index (χ1) is 18.5. The summed E-state index contributed by atoms with van der Waals surface area (Å²) >= 11 is 0. The topological polar surface area (TPSA) is 105 Å². The van der Waals surface area contributed by atoms with Crippen molar-refractivity contribution in [2.45, 2.75) is 32.1 Å². The van der Waals surface area contributed by atoms with E-state index in [1.807, 2.05) is 30.3 Å². The monoisotopic (exact) mass is 516 g/mol. The van der Waals surface area contributed by atoms with Gasteiger partial charge in [-0.3, -0.25) is 0 Å². The number of nitrogens with one attached hydrogen (secondary N) is 3. The van der Waals surface area contributed by atoms with Gasteiger partial charge in [-0.05, 0) is 90.1 Å². The summed E-state index contributed by atoms with van der Waals surface area (Å²) in [6.45, 7) is 0.569. The maximum absolute atomic E-state index is 14.2. The lowest BCUT2D eigenvalue weighted by Gasteiger charge is -2.20. The number of rotatable bonds is 9. The second-order valence-corrected chi connectivity index (χ2v) is 9.90. The second kappa shape index (κ2) is 10.2. The van der Waals surface area contributed by atoms with Gasteiger partial charge in [0, 0.05) is 11.6 Å². The molecule has 194 valence electrons. The number of hydrogen-bond acceptors (Lipinski definition) is 5. The van der Waals surface area contributed by atoms with Crippen LogP contribution in [0.4, 0.5) is 25.0 Å². The molecule has 3 aromatic carbocycles. The molecule has 2 saturated carbocycles. The second-order valence-electron chi connectivity index (χ2n) is 9.90. The third-order valence-corrected chi connectivity index (χ3v) is 6.78. The Morgan fingerprint density at radius 2 is 1.71 bits per heavy atom. The fraction of sp³-hybridized carbons (Fsp3) is 0.286. The lowest BCUT2D eigenvalue weighted by Crippen LogP contribution is -2.21. The van der Waals surface area contributed by atoms with Gasteiger partial charge in [-0.15, -0.1) is 10.2 Å². The Morgan fingerprint density at radius 1 is 0.947 bits per heavy atom. The van der Waals surface area contributed by atoms with Gasteiger partial charge in [0.2, 0.25) is 5.82 Å². The molecular formula is C28H26F2N6O2. The molecule has 38 heavy (non-hydrogen) atoms. The van der Waals surface area contributed by atoms with Crippen molar-refractivity contribution in [1.29, 1.82) is 0 Å². The van der Waals surface area contributed by atoms with Gasteiger partial charge >= 0.3 is 6.03 Å². The minimum Gasteiger partial charge on any atom is -0.491 e. The van der Waals surface area contributed by atoms with E-state index in [1.165, 1.54) is 6.07 Å². The first-order valence-corrected chi connectivity index (χ1v) is 12.7. The molecule has 10 heteroatoms. The smallest absolute Gasteiger partial charge is 0.323 e. The zero-order valence-electron chi connectivity index (χ0n) is 20.5. The lowest BCUT2D eigenvalue weighted by atomic mass is 9.94. The third kappa shape index (κ3) is 5.49. The van der Waals surface area contributed by atoms with Crippen LogP contribution in [0.15, 0.2) is 54.6 Å². The van der Waals surface area contributed by atoms with Gasteiger partial charge in [-0.25, -0.2) is 13.6 Å². The lowest BCUT2D eigenvalue weighted by molar-refractivity contribution is 0.261. The Morgan fingerprint density at radius 3 is 2.42 bits per heavy atom. The molecule has 0 unspecified atom stereocenters. The Labute approximate surface area is 217 Å². The number of amides is 2. The number of H-pyrrole nitrogens is 1. The Hall–Kier alpha value is -4.34. The number of benzene rings is 3. The molecule has 2 amide bonds. The average molecular weight is 517 g/mol. The normalized spacial score (nSPS) is 14.8. The van der Waals surface area contributed by atoms with E-state index in [4.69, 9.17) is 4.74 Å². The Kier molecular flexibility index (Phi) is 6.45. The number of ether oxygens (including phenoxy) is 1. The van der Waals surface area contributed by atoms with Crippen LogP contribution in [0, 0.1) is 23.5 Å². The Balaban J connectivity index is 1.39. The van der Waals surface area contributed by atoms with Crippen LogP contribution in [0.1, 0.15) is 31.2 Å². The van der Waals surface area contributed by atoms with Crippen molar-refractivity contribution in [2.75, 3.05) is 17.2 Å². The molecule has 1 heterocycles. The van der Waals surface area contributed by atoms with Gasteiger partial charge in [0.1, 0.15) is 17.4 Å². The number of carbonyl (C=O) groups is 1. The van der Waals surface area contributed by atoms with Crippen molar-refractivity contribution in [2.24, 2.45) is 11.8 Å². The van der Waals surface area contributed by atoms with Crippen LogP contribution in [0.3, 0.4) is 0 Å². The number of halogens is 2. The molecule has 0 atom stereocenters. The predicted molar refractivity (Wildman–Crippen MR) is 139 cm³/mol. The van der Waals surface area contributed by atoms with Crippen molar-refractivity contribution in [3.05, 3.63) is 71.8 Å². The van der Waals surface area contributed by atoms with Gasteiger partial charge in [0.15, 0.2) is 0 Å². The van der Waals surface area contributed by atoms with Crippen LogP contribution < -0.4 is 15.4 Å². The average Bonchev–Trinajstić information content (AvgIpc) is 3.84. The number of aromatic amines is 1. The third-order valence-electron chi connectivity index (χ3n) is 6.78. The van der Waals surface area contributed by atoms with Gasteiger partial charge in [-0.1, -0.05) is 24.3 Å².